The molecule has 1 amide bonds. The Morgan fingerprint density at radius 3 is 2.35 bits per heavy atom. The summed E-state index contributed by atoms with van der Waals surface area (Å²) in [6.07, 6.45) is 0.260. The van der Waals surface area contributed by atoms with E-state index in [4.69, 9.17) is 5.11 Å². The highest BCUT2D eigenvalue weighted by Gasteiger charge is 2.20. The van der Waals surface area contributed by atoms with Crippen LogP contribution in [0.15, 0.2) is 12.1 Å². The van der Waals surface area contributed by atoms with Crippen molar-refractivity contribution in [1.29, 1.82) is 0 Å². The molecule has 0 radical (unpaired) electrons. The summed E-state index contributed by atoms with van der Waals surface area (Å²) in [7, 11) is 0. The zero-order valence-electron chi connectivity index (χ0n) is 9.14. The minimum atomic E-state index is -1.25. The smallest absolute Gasteiger partial charge is 0.257 e. The van der Waals surface area contributed by atoms with E-state index in [-0.39, 0.29) is 13.0 Å². The maximum atomic E-state index is 13.2. The van der Waals surface area contributed by atoms with Gasteiger partial charge in [-0.1, -0.05) is 0 Å². The van der Waals surface area contributed by atoms with Gasteiger partial charge >= 0.3 is 0 Å². The van der Waals surface area contributed by atoms with E-state index in [0.717, 1.165) is 0 Å². The highest BCUT2D eigenvalue weighted by Crippen LogP contribution is 2.14. The van der Waals surface area contributed by atoms with Crippen LogP contribution in [0.1, 0.15) is 23.7 Å². The average molecular weight is 247 g/mol. The maximum Gasteiger partial charge on any atom is 0.257 e. The van der Waals surface area contributed by atoms with Crippen molar-refractivity contribution in [1.82, 2.24) is 5.32 Å². The van der Waals surface area contributed by atoms with Crippen LogP contribution in [0.2, 0.25) is 0 Å². The zero-order valence-corrected chi connectivity index (χ0v) is 9.14. The molecule has 6 heteroatoms. The Balaban J connectivity index is 2.89. The molecule has 0 aliphatic carbocycles. The van der Waals surface area contributed by atoms with Crippen molar-refractivity contribution in [2.75, 3.05) is 6.61 Å². The molecule has 0 fully saturated rings. The number of benzene rings is 1. The third-order valence-electron chi connectivity index (χ3n) is 2.17. The molecule has 1 rings (SSSR count). The molecule has 0 aromatic heterocycles. The van der Waals surface area contributed by atoms with Gasteiger partial charge in [0.15, 0.2) is 0 Å². The molecular weight excluding hydrogens is 235 g/mol. The fraction of sp³-hybridized carbons (Fsp3) is 0.364. The van der Waals surface area contributed by atoms with Crippen LogP contribution in [-0.4, -0.2) is 23.7 Å². The third kappa shape index (κ3) is 3.45. The SMILES string of the molecule is CC(CCO)NC(=O)c1c(F)cc(F)cc1F. The summed E-state index contributed by atoms with van der Waals surface area (Å²) in [5.41, 5.74) is -0.823. The number of hydrogen-bond acceptors (Lipinski definition) is 2. The highest BCUT2D eigenvalue weighted by atomic mass is 19.1. The summed E-state index contributed by atoms with van der Waals surface area (Å²) in [6.45, 7) is 1.42. The molecule has 3 nitrogen and oxygen atoms in total. The molecule has 2 N–H and O–H groups in total. The van der Waals surface area contributed by atoms with Crippen molar-refractivity contribution in [3.63, 3.8) is 0 Å². The number of nitrogens with one attached hydrogen (secondary N) is 1. The summed E-state index contributed by atoms with van der Waals surface area (Å²) in [5.74, 6) is -4.56. The van der Waals surface area contributed by atoms with Crippen LogP contribution in [0.3, 0.4) is 0 Å². The molecule has 1 aromatic rings. The molecule has 0 bridgehead atoms. The summed E-state index contributed by atoms with van der Waals surface area (Å²) >= 11 is 0. The Bertz CT molecular complexity index is 400. The molecule has 0 saturated carbocycles. The monoisotopic (exact) mass is 247 g/mol. The highest BCUT2D eigenvalue weighted by molar-refractivity contribution is 5.94. The number of rotatable bonds is 4. The van der Waals surface area contributed by atoms with Gasteiger partial charge in [0.05, 0.1) is 0 Å². The molecule has 0 heterocycles. The maximum absolute atomic E-state index is 13.2. The van der Waals surface area contributed by atoms with Gasteiger partial charge < -0.3 is 10.4 Å². The molecule has 17 heavy (non-hydrogen) atoms. The zero-order chi connectivity index (χ0) is 13.0. The van der Waals surface area contributed by atoms with E-state index in [1.807, 2.05) is 0 Å². The quantitative estimate of drug-likeness (QED) is 0.849. The van der Waals surface area contributed by atoms with Crippen molar-refractivity contribution < 1.29 is 23.1 Å². The first-order valence-electron chi connectivity index (χ1n) is 5.02. The van der Waals surface area contributed by atoms with Crippen molar-refractivity contribution in [2.24, 2.45) is 0 Å². The van der Waals surface area contributed by atoms with Crippen molar-refractivity contribution in [3.05, 3.63) is 35.1 Å². The lowest BCUT2D eigenvalue weighted by molar-refractivity contribution is 0.0925. The van der Waals surface area contributed by atoms with E-state index in [1.165, 1.54) is 0 Å². The van der Waals surface area contributed by atoms with Crippen molar-refractivity contribution >= 4 is 5.91 Å². The Morgan fingerprint density at radius 1 is 1.35 bits per heavy atom. The van der Waals surface area contributed by atoms with Crippen LogP contribution in [-0.2, 0) is 0 Å². The molecule has 1 unspecified atom stereocenters. The van der Waals surface area contributed by atoms with Gasteiger partial charge in [-0.05, 0) is 13.3 Å². The molecule has 94 valence electrons. The van der Waals surface area contributed by atoms with E-state index in [1.54, 1.807) is 6.92 Å². The Hall–Kier alpha value is -1.56. The first-order valence-corrected chi connectivity index (χ1v) is 5.02. The lowest BCUT2D eigenvalue weighted by Gasteiger charge is -2.13. The second-order valence-corrected chi connectivity index (χ2v) is 3.63. The number of hydrogen-bond donors (Lipinski definition) is 2. The van der Waals surface area contributed by atoms with Crippen LogP contribution < -0.4 is 5.32 Å². The van der Waals surface area contributed by atoms with E-state index < -0.39 is 35.0 Å². The van der Waals surface area contributed by atoms with Crippen LogP contribution in [0.5, 0.6) is 0 Å². The second kappa shape index (κ2) is 5.67. The van der Waals surface area contributed by atoms with Gasteiger partial charge in [-0.25, -0.2) is 13.2 Å². The van der Waals surface area contributed by atoms with Crippen molar-refractivity contribution in [2.45, 2.75) is 19.4 Å². The largest absolute Gasteiger partial charge is 0.396 e. The number of halogens is 3. The number of carbonyl (C=O) groups is 1. The summed E-state index contributed by atoms with van der Waals surface area (Å²) in [6, 6.07) is 0.444. The fourth-order valence-electron chi connectivity index (χ4n) is 1.32. The normalized spacial score (nSPS) is 12.3. The predicted octanol–water partition coefficient (Wildman–Crippen LogP) is 1.60. The average Bonchev–Trinajstić information content (AvgIpc) is 2.15. The number of carbonyl (C=O) groups excluding carboxylic acids is 1. The molecule has 0 spiro atoms. The third-order valence-corrected chi connectivity index (χ3v) is 2.17. The number of aliphatic hydroxyl groups excluding tert-OH is 1. The van der Waals surface area contributed by atoms with Gasteiger partial charge in [0.1, 0.15) is 23.0 Å². The lowest BCUT2D eigenvalue weighted by Crippen LogP contribution is -2.34. The van der Waals surface area contributed by atoms with E-state index in [0.29, 0.717) is 12.1 Å². The minimum absolute atomic E-state index is 0.157. The standard InChI is InChI=1S/C11H12F3NO2/c1-6(2-3-16)15-11(17)10-8(13)4-7(12)5-9(10)14/h4-6,16H,2-3H2,1H3,(H,15,17). The molecule has 0 saturated heterocycles. The van der Waals surface area contributed by atoms with Gasteiger partial charge in [0.2, 0.25) is 0 Å². The van der Waals surface area contributed by atoms with Crippen LogP contribution in [0, 0.1) is 17.5 Å². The first kappa shape index (κ1) is 13.5. The van der Waals surface area contributed by atoms with E-state index in [9.17, 15) is 18.0 Å². The lowest BCUT2D eigenvalue weighted by atomic mass is 10.1. The Kier molecular flexibility index (Phi) is 4.51. The Labute approximate surface area is 96.3 Å². The molecule has 1 atom stereocenters. The molecular formula is C11H12F3NO2. The molecule has 0 aliphatic rings. The number of aliphatic hydroxyl groups is 1. The topological polar surface area (TPSA) is 49.3 Å². The molecule has 1 aromatic carbocycles. The summed E-state index contributed by atoms with van der Waals surface area (Å²) < 4.78 is 39.0. The van der Waals surface area contributed by atoms with Crippen LogP contribution >= 0.6 is 0 Å². The molecule has 0 aliphatic heterocycles. The second-order valence-electron chi connectivity index (χ2n) is 3.63. The summed E-state index contributed by atoms with van der Waals surface area (Å²) in [4.78, 5) is 11.5. The van der Waals surface area contributed by atoms with Gasteiger partial charge in [0, 0.05) is 24.8 Å². The van der Waals surface area contributed by atoms with E-state index in [2.05, 4.69) is 5.32 Å². The van der Waals surface area contributed by atoms with Gasteiger partial charge in [-0.15, -0.1) is 0 Å². The number of amides is 1. The van der Waals surface area contributed by atoms with Crippen LogP contribution in [0.25, 0.3) is 0 Å². The first-order chi connectivity index (χ1) is 7.95. The van der Waals surface area contributed by atoms with Crippen molar-refractivity contribution in [3.8, 4) is 0 Å². The van der Waals surface area contributed by atoms with Gasteiger partial charge in [-0.2, -0.15) is 0 Å². The van der Waals surface area contributed by atoms with E-state index >= 15 is 0 Å². The predicted molar refractivity (Wildman–Crippen MR) is 54.9 cm³/mol. The summed E-state index contributed by atoms with van der Waals surface area (Å²) in [5, 5.41) is 10.9. The van der Waals surface area contributed by atoms with Gasteiger partial charge in [0.25, 0.3) is 5.91 Å². The van der Waals surface area contributed by atoms with Crippen LogP contribution in [0.4, 0.5) is 13.2 Å². The minimum Gasteiger partial charge on any atom is -0.396 e. The van der Waals surface area contributed by atoms with Gasteiger partial charge in [-0.3, -0.25) is 4.79 Å². The fourth-order valence-corrected chi connectivity index (χ4v) is 1.32. The Morgan fingerprint density at radius 2 is 1.88 bits per heavy atom.